The van der Waals surface area contributed by atoms with E-state index in [4.69, 9.17) is 4.74 Å². The zero-order chi connectivity index (χ0) is 10.1. The normalized spacial score (nSPS) is 55.3. The highest BCUT2D eigenvalue weighted by atomic mass is 16.5. The molecule has 2 nitrogen and oxygen atoms in total. The fraction of sp³-hybridized carbons (Fsp3) is 1.00. The van der Waals surface area contributed by atoms with E-state index >= 15 is 0 Å². The van der Waals surface area contributed by atoms with Crippen molar-refractivity contribution in [1.82, 2.24) is 4.90 Å². The molecule has 3 aliphatic rings. The third-order valence-electron chi connectivity index (χ3n) is 5.68. The Morgan fingerprint density at radius 2 is 2.00 bits per heavy atom. The average Bonchev–Trinajstić information content (AvgIpc) is 2.62. The highest BCUT2D eigenvalue weighted by molar-refractivity contribution is 5.19. The molecule has 0 radical (unpaired) electrons. The maximum Gasteiger partial charge on any atom is 0.0995 e. The molecule has 1 saturated heterocycles. The molecule has 3 rings (SSSR count). The van der Waals surface area contributed by atoms with Gasteiger partial charge in [0, 0.05) is 6.04 Å². The Labute approximate surface area is 86.6 Å². The van der Waals surface area contributed by atoms with Crippen LogP contribution >= 0.6 is 0 Å². The summed E-state index contributed by atoms with van der Waals surface area (Å²) < 4.78 is 5.95. The topological polar surface area (TPSA) is 12.5 Å². The van der Waals surface area contributed by atoms with Crippen LogP contribution in [-0.2, 0) is 4.74 Å². The molecule has 0 aromatic carbocycles. The first-order valence-corrected chi connectivity index (χ1v) is 5.80. The van der Waals surface area contributed by atoms with Crippen molar-refractivity contribution in [2.45, 2.75) is 45.8 Å². The van der Waals surface area contributed by atoms with Crippen LogP contribution in [0.4, 0.5) is 0 Å². The lowest BCUT2D eigenvalue weighted by Crippen LogP contribution is -2.45. The lowest BCUT2D eigenvalue weighted by Gasteiger charge is -2.40. The van der Waals surface area contributed by atoms with Gasteiger partial charge in [-0.2, -0.15) is 0 Å². The van der Waals surface area contributed by atoms with Crippen LogP contribution in [-0.4, -0.2) is 30.8 Å². The predicted molar refractivity (Wildman–Crippen MR) is 55.9 cm³/mol. The second-order valence-electron chi connectivity index (χ2n) is 6.25. The summed E-state index contributed by atoms with van der Waals surface area (Å²) in [7, 11) is 2.21. The zero-order valence-electron chi connectivity index (χ0n) is 9.71. The fourth-order valence-electron chi connectivity index (χ4n) is 4.48. The summed E-state index contributed by atoms with van der Waals surface area (Å²) in [6.45, 7) is 8.21. The van der Waals surface area contributed by atoms with Crippen LogP contribution < -0.4 is 0 Å². The van der Waals surface area contributed by atoms with Gasteiger partial charge < -0.3 is 4.74 Å². The van der Waals surface area contributed by atoms with Gasteiger partial charge in [0.25, 0.3) is 0 Å². The summed E-state index contributed by atoms with van der Waals surface area (Å²) >= 11 is 0. The molecule has 0 N–H and O–H groups in total. The minimum atomic E-state index is 0.469. The summed E-state index contributed by atoms with van der Waals surface area (Å²) in [5.41, 5.74) is 0.949. The van der Waals surface area contributed by atoms with Crippen LogP contribution in [0.1, 0.15) is 33.6 Å². The second-order valence-corrected chi connectivity index (χ2v) is 6.25. The summed E-state index contributed by atoms with van der Waals surface area (Å²) in [6.07, 6.45) is 3.28. The number of ether oxygens (including phenoxy) is 1. The van der Waals surface area contributed by atoms with Crippen molar-refractivity contribution < 1.29 is 4.74 Å². The molecule has 4 atom stereocenters. The van der Waals surface area contributed by atoms with Gasteiger partial charge in [0.05, 0.1) is 12.8 Å². The van der Waals surface area contributed by atoms with Crippen LogP contribution in [0, 0.1) is 16.7 Å². The van der Waals surface area contributed by atoms with E-state index < -0.39 is 0 Å². The Kier molecular flexibility index (Phi) is 1.54. The van der Waals surface area contributed by atoms with Gasteiger partial charge >= 0.3 is 0 Å². The molecular formula is C12H21NO. The highest BCUT2D eigenvalue weighted by Gasteiger charge is 2.69. The number of hydrogen-bond donors (Lipinski definition) is 0. The van der Waals surface area contributed by atoms with Gasteiger partial charge in [-0.15, -0.1) is 0 Å². The predicted octanol–water partition coefficient (Wildman–Crippen LogP) is 2.10. The minimum absolute atomic E-state index is 0.469. The first-order valence-electron chi connectivity index (χ1n) is 5.80. The van der Waals surface area contributed by atoms with Gasteiger partial charge in [0.1, 0.15) is 0 Å². The van der Waals surface area contributed by atoms with Crippen molar-refractivity contribution in [2.24, 2.45) is 16.7 Å². The van der Waals surface area contributed by atoms with E-state index in [1.165, 1.54) is 12.8 Å². The number of hydrogen-bond acceptors (Lipinski definition) is 2. The number of likely N-dealkylation sites (N-methyl/N-ethyl adjacent to an activating group) is 1. The monoisotopic (exact) mass is 195 g/mol. The quantitative estimate of drug-likeness (QED) is 0.587. The van der Waals surface area contributed by atoms with Crippen molar-refractivity contribution in [3.05, 3.63) is 0 Å². The molecule has 2 heteroatoms. The molecule has 14 heavy (non-hydrogen) atoms. The minimum Gasteiger partial charge on any atom is -0.361 e. The molecule has 0 aromatic heterocycles. The van der Waals surface area contributed by atoms with Crippen molar-refractivity contribution in [1.29, 1.82) is 0 Å². The summed E-state index contributed by atoms with van der Waals surface area (Å²) in [4.78, 5) is 2.42. The Morgan fingerprint density at radius 3 is 2.64 bits per heavy atom. The SMILES string of the molecule is CN1CO[C@@H]2C3CC[C@](C)([C@@H]21)C3(C)C. The lowest BCUT2D eigenvalue weighted by atomic mass is 9.69. The third kappa shape index (κ3) is 0.737. The van der Waals surface area contributed by atoms with Crippen LogP contribution in [0.25, 0.3) is 0 Å². The molecule has 2 saturated carbocycles. The van der Waals surface area contributed by atoms with E-state index in [0.29, 0.717) is 23.0 Å². The van der Waals surface area contributed by atoms with E-state index in [2.05, 4.69) is 32.7 Å². The summed E-state index contributed by atoms with van der Waals surface area (Å²) in [5, 5.41) is 0. The van der Waals surface area contributed by atoms with Crippen LogP contribution in [0.15, 0.2) is 0 Å². The van der Waals surface area contributed by atoms with Crippen LogP contribution in [0.5, 0.6) is 0 Å². The van der Waals surface area contributed by atoms with E-state index in [1.54, 1.807) is 0 Å². The highest BCUT2D eigenvalue weighted by Crippen LogP contribution is 2.68. The molecule has 80 valence electrons. The molecule has 1 aliphatic heterocycles. The smallest absolute Gasteiger partial charge is 0.0995 e. The van der Waals surface area contributed by atoms with Gasteiger partial charge in [-0.1, -0.05) is 20.8 Å². The van der Waals surface area contributed by atoms with Crippen molar-refractivity contribution in [2.75, 3.05) is 13.8 Å². The van der Waals surface area contributed by atoms with Crippen molar-refractivity contribution in [3.63, 3.8) is 0 Å². The average molecular weight is 195 g/mol. The molecule has 1 heterocycles. The molecule has 0 aromatic rings. The van der Waals surface area contributed by atoms with E-state index in [-0.39, 0.29) is 0 Å². The van der Waals surface area contributed by atoms with Crippen LogP contribution in [0.2, 0.25) is 0 Å². The number of rotatable bonds is 0. The maximum absolute atomic E-state index is 5.95. The first kappa shape index (κ1) is 9.17. The van der Waals surface area contributed by atoms with Gasteiger partial charge in [-0.3, -0.25) is 4.90 Å². The number of fused-ring (bicyclic) bond motifs is 5. The van der Waals surface area contributed by atoms with E-state index in [1.807, 2.05) is 0 Å². The first-order chi connectivity index (χ1) is 6.48. The summed E-state index contributed by atoms with van der Waals surface area (Å²) in [6, 6.07) is 0.677. The van der Waals surface area contributed by atoms with Crippen LogP contribution in [0.3, 0.4) is 0 Å². The molecular weight excluding hydrogens is 174 g/mol. The summed E-state index contributed by atoms with van der Waals surface area (Å²) in [5.74, 6) is 0.794. The molecule has 2 bridgehead atoms. The largest absolute Gasteiger partial charge is 0.361 e. The zero-order valence-corrected chi connectivity index (χ0v) is 9.71. The molecule has 1 unspecified atom stereocenters. The van der Waals surface area contributed by atoms with Gasteiger partial charge in [0.15, 0.2) is 0 Å². The fourth-order valence-corrected chi connectivity index (χ4v) is 4.48. The van der Waals surface area contributed by atoms with Gasteiger partial charge in [-0.25, -0.2) is 0 Å². The van der Waals surface area contributed by atoms with Crippen molar-refractivity contribution in [3.8, 4) is 0 Å². The van der Waals surface area contributed by atoms with E-state index in [0.717, 1.165) is 12.6 Å². The molecule has 3 fully saturated rings. The molecule has 2 aliphatic carbocycles. The molecule has 0 spiro atoms. The third-order valence-corrected chi connectivity index (χ3v) is 5.68. The Morgan fingerprint density at radius 1 is 1.29 bits per heavy atom. The maximum atomic E-state index is 5.95. The Bertz CT molecular complexity index is 275. The van der Waals surface area contributed by atoms with Crippen molar-refractivity contribution >= 4 is 0 Å². The number of nitrogens with zero attached hydrogens (tertiary/aromatic N) is 1. The van der Waals surface area contributed by atoms with Gasteiger partial charge in [-0.05, 0) is 36.6 Å². The Balaban J connectivity index is 2.07. The Hall–Kier alpha value is -0.0800. The molecule has 0 amide bonds. The van der Waals surface area contributed by atoms with Gasteiger partial charge in [0.2, 0.25) is 0 Å². The van der Waals surface area contributed by atoms with E-state index in [9.17, 15) is 0 Å². The lowest BCUT2D eigenvalue weighted by molar-refractivity contribution is 0.0294. The second kappa shape index (κ2) is 2.35. The standard InChI is InChI=1S/C12H21NO/c1-11(2)8-5-6-12(11,3)10-9(8)14-7-13(10)4/h8-10H,5-7H2,1-4H3/t8?,9-,10-,12-/m1/s1.